The highest BCUT2D eigenvalue weighted by Gasteiger charge is 2.17. The Hall–Kier alpha value is -1.86. The summed E-state index contributed by atoms with van der Waals surface area (Å²) in [6.07, 6.45) is 1.81. The van der Waals surface area contributed by atoms with Crippen LogP contribution in [0.2, 0.25) is 0 Å². The van der Waals surface area contributed by atoms with Crippen molar-refractivity contribution in [3.63, 3.8) is 0 Å². The Labute approximate surface area is 143 Å². The predicted octanol–water partition coefficient (Wildman–Crippen LogP) is 1.39. The molecule has 2 N–H and O–H groups in total. The van der Waals surface area contributed by atoms with Crippen LogP contribution in [0.15, 0.2) is 18.3 Å². The van der Waals surface area contributed by atoms with Gasteiger partial charge in [0.05, 0.1) is 19.3 Å². The van der Waals surface area contributed by atoms with Crippen molar-refractivity contribution in [2.45, 2.75) is 39.5 Å². The summed E-state index contributed by atoms with van der Waals surface area (Å²) >= 11 is 0. The number of morpholine rings is 1. The normalized spacial score (nSPS) is 16.7. The molecule has 2 rings (SSSR count). The van der Waals surface area contributed by atoms with E-state index in [0.717, 1.165) is 31.9 Å². The summed E-state index contributed by atoms with van der Waals surface area (Å²) in [5, 5.41) is 5.75. The second kappa shape index (κ2) is 9.44. The zero-order valence-electron chi connectivity index (χ0n) is 14.7. The number of nitrogens with zero attached hydrogens (tertiary/aromatic N) is 2. The number of pyridine rings is 1. The minimum atomic E-state index is -0.169. The van der Waals surface area contributed by atoms with E-state index in [9.17, 15) is 4.79 Å². The second-order valence-electron chi connectivity index (χ2n) is 6.23. The molecule has 2 amide bonds. The molecule has 1 aromatic heterocycles. The number of carbonyl (C=O) groups excluding carboxylic acids is 1. The molecule has 134 valence electrons. The highest BCUT2D eigenvalue weighted by molar-refractivity contribution is 5.73. The first-order chi connectivity index (χ1) is 11.5. The average molecular weight is 336 g/mol. The van der Waals surface area contributed by atoms with Gasteiger partial charge in [-0.1, -0.05) is 6.07 Å². The van der Waals surface area contributed by atoms with Gasteiger partial charge in [-0.25, -0.2) is 9.78 Å². The van der Waals surface area contributed by atoms with Gasteiger partial charge in [-0.3, -0.25) is 4.90 Å². The number of carbonyl (C=O) groups is 1. The number of ether oxygens (including phenoxy) is 2. The van der Waals surface area contributed by atoms with Crippen LogP contribution < -0.4 is 15.4 Å². The maximum Gasteiger partial charge on any atom is 0.315 e. The highest BCUT2D eigenvalue weighted by atomic mass is 16.5. The van der Waals surface area contributed by atoms with Crippen LogP contribution in [0.4, 0.5) is 4.79 Å². The molecule has 1 fully saturated rings. The van der Waals surface area contributed by atoms with E-state index >= 15 is 0 Å². The van der Waals surface area contributed by atoms with Crippen molar-refractivity contribution in [2.24, 2.45) is 0 Å². The van der Waals surface area contributed by atoms with Crippen molar-refractivity contribution in [1.82, 2.24) is 20.5 Å². The van der Waals surface area contributed by atoms with Crippen molar-refractivity contribution in [2.75, 3.05) is 32.8 Å². The third kappa shape index (κ3) is 6.33. The Kier molecular flexibility index (Phi) is 7.27. The molecule has 0 aromatic carbocycles. The molecule has 1 atom stereocenters. The molecule has 0 radical (unpaired) electrons. The molecular weight excluding hydrogens is 308 g/mol. The first kappa shape index (κ1) is 18.5. The van der Waals surface area contributed by atoms with Gasteiger partial charge in [-0.2, -0.15) is 0 Å². The van der Waals surface area contributed by atoms with Crippen LogP contribution >= 0.6 is 0 Å². The van der Waals surface area contributed by atoms with Gasteiger partial charge in [-0.15, -0.1) is 0 Å². The molecule has 0 bridgehead atoms. The predicted molar refractivity (Wildman–Crippen MR) is 92.1 cm³/mol. The molecule has 0 unspecified atom stereocenters. The summed E-state index contributed by atoms with van der Waals surface area (Å²) in [6, 6.07) is 3.85. The quantitative estimate of drug-likeness (QED) is 0.787. The zero-order valence-corrected chi connectivity index (χ0v) is 14.7. The standard InChI is InChI=1S/C17H28N4O3/c1-13(2)24-16-5-4-15(11-18-16)12-20-17(22)19-10-14(3)21-6-8-23-9-7-21/h4-5,11,13-14H,6-10,12H2,1-3H3,(H2,19,20,22)/t14-/m1/s1. The van der Waals surface area contributed by atoms with Crippen LogP contribution in [0.3, 0.4) is 0 Å². The molecule has 7 heteroatoms. The van der Waals surface area contributed by atoms with Gasteiger partial charge in [0, 0.05) is 44.5 Å². The van der Waals surface area contributed by atoms with E-state index < -0.39 is 0 Å². The SMILES string of the molecule is CC(C)Oc1ccc(CNC(=O)NC[C@@H](C)N2CCOCC2)cn1. The van der Waals surface area contributed by atoms with E-state index in [1.165, 1.54) is 0 Å². The molecule has 1 saturated heterocycles. The van der Waals surface area contributed by atoms with Gasteiger partial charge >= 0.3 is 6.03 Å². The summed E-state index contributed by atoms with van der Waals surface area (Å²) in [7, 11) is 0. The van der Waals surface area contributed by atoms with Crippen LogP contribution in [0.25, 0.3) is 0 Å². The lowest BCUT2D eigenvalue weighted by molar-refractivity contribution is 0.0209. The molecule has 24 heavy (non-hydrogen) atoms. The molecule has 2 heterocycles. The number of urea groups is 1. The molecule has 1 aliphatic heterocycles. The Morgan fingerprint density at radius 3 is 2.67 bits per heavy atom. The lowest BCUT2D eigenvalue weighted by Crippen LogP contribution is -2.48. The number of aromatic nitrogens is 1. The summed E-state index contributed by atoms with van der Waals surface area (Å²) in [5.41, 5.74) is 0.933. The van der Waals surface area contributed by atoms with Crippen molar-refractivity contribution < 1.29 is 14.3 Å². The smallest absolute Gasteiger partial charge is 0.315 e. The number of amides is 2. The van der Waals surface area contributed by atoms with Gasteiger partial charge in [0.15, 0.2) is 0 Å². The molecule has 1 aromatic rings. The van der Waals surface area contributed by atoms with E-state index in [0.29, 0.717) is 25.0 Å². The van der Waals surface area contributed by atoms with Crippen LogP contribution in [-0.2, 0) is 11.3 Å². The maximum atomic E-state index is 11.9. The molecule has 7 nitrogen and oxygen atoms in total. The third-order valence-electron chi connectivity index (χ3n) is 3.83. The maximum absolute atomic E-state index is 11.9. The minimum absolute atomic E-state index is 0.0979. The first-order valence-corrected chi connectivity index (χ1v) is 8.49. The summed E-state index contributed by atoms with van der Waals surface area (Å²) < 4.78 is 10.8. The van der Waals surface area contributed by atoms with Gasteiger partial charge in [-0.05, 0) is 26.3 Å². The number of rotatable bonds is 7. The fraction of sp³-hybridized carbons (Fsp3) is 0.647. The topological polar surface area (TPSA) is 75.7 Å². The Morgan fingerprint density at radius 1 is 1.29 bits per heavy atom. The lowest BCUT2D eigenvalue weighted by Gasteiger charge is -2.32. The third-order valence-corrected chi connectivity index (χ3v) is 3.83. The second-order valence-corrected chi connectivity index (χ2v) is 6.23. The Bertz CT molecular complexity index is 501. The Balaban J connectivity index is 1.67. The van der Waals surface area contributed by atoms with Crippen LogP contribution in [0.1, 0.15) is 26.3 Å². The minimum Gasteiger partial charge on any atom is -0.475 e. The number of hydrogen-bond acceptors (Lipinski definition) is 5. The van der Waals surface area contributed by atoms with Gasteiger partial charge in [0.2, 0.25) is 5.88 Å². The van der Waals surface area contributed by atoms with Crippen molar-refractivity contribution >= 4 is 6.03 Å². The lowest BCUT2D eigenvalue weighted by atomic mass is 10.2. The van der Waals surface area contributed by atoms with Crippen molar-refractivity contribution in [1.29, 1.82) is 0 Å². The number of hydrogen-bond donors (Lipinski definition) is 2. The van der Waals surface area contributed by atoms with Crippen LogP contribution in [0.5, 0.6) is 5.88 Å². The first-order valence-electron chi connectivity index (χ1n) is 8.49. The van der Waals surface area contributed by atoms with E-state index in [2.05, 4.69) is 27.4 Å². The monoisotopic (exact) mass is 336 g/mol. The van der Waals surface area contributed by atoms with Crippen LogP contribution in [0, 0.1) is 0 Å². The van der Waals surface area contributed by atoms with Gasteiger partial charge in [0.25, 0.3) is 0 Å². The van der Waals surface area contributed by atoms with E-state index in [1.807, 2.05) is 26.0 Å². The molecule has 1 aliphatic rings. The fourth-order valence-electron chi connectivity index (χ4n) is 2.46. The largest absolute Gasteiger partial charge is 0.475 e. The summed E-state index contributed by atoms with van der Waals surface area (Å²) in [6.45, 7) is 10.4. The van der Waals surface area contributed by atoms with E-state index in [-0.39, 0.29) is 12.1 Å². The highest BCUT2D eigenvalue weighted by Crippen LogP contribution is 2.09. The molecule has 0 saturated carbocycles. The molecule has 0 aliphatic carbocycles. The van der Waals surface area contributed by atoms with Gasteiger partial charge < -0.3 is 20.1 Å². The number of nitrogens with one attached hydrogen (secondary N) is 2. The van der Waals surface area contributed by atoms with Crippen molar-refractivity contribution in [3.05, 3.63) is 23.9 Å². The average Bonchev–Trinajstić information content (AvgIpc) is 2.59. The fourth-order valence-corrected chi connectivity index (χ4v) is 2.46. The molecule has 0 spiro atoms. The molecular formula is C17H28N4O3. The van der Waals surface area contributed by atoms with Crippen LogP contribution in [-0.4, -0.2) is 60.9 Å². The Morgan fingerprint density at radius 2 is 2.04 bits per heavy atom. The van der Waals surface area contributed by atoms with Crippen molar-refractivity contribution in [3.8, 4) is 5.88 Å². The van der Waals surface area contributed by atoms with E-state index in [1.54, 1.807) is 6.20 Å². The van der Waals surface area contributed by atoms with Gasteiger partial charge in [0.1, 0.15) is 0 Å². The summed E-state index contributed by atoms with van der Waals surface area (Å²) in [4.78, 5) is 18.4. The zero-order chi connectivity index (χ0) is 17.4. The van der Waals surface area contributed by atoms with E-state index in [4.69, 9.17) is 9.47 Å². The summed E-state index contributed by atoms with van der Waals surface area (Å²) in [5.74, 6) is 0.595.